The van der Waals surface area contributed by atoms with Crippen LogP contribution in [0.1, 0.15) is 28.4 Å². The average molecular weight is 532 g/mol. The molecule has 0 saturated heterocycles. The molecule has 1 amide bonds. The van der Waals surface area contributed by atoms with E-state index in [1.807, 2.05) is 98.8 Å². The van der Waals surface area contributed by atoms with Gasteiger partial charge in [-0.15, -0.1) is 0 Å². The maximum Gasteiger partial charge on any atom is 0.309 e. The number of amides is 1. The molecular weight excluding hydrogens is 502 g/mol. The summed E-state index contributed by atoms with van der Waals surface area (Å²) in [5.41, 5.74) is 6.95. The van der Waals surface area contributed by atoms with Crippen molar-refractivity contribution >= 4 is 17.6 Å². The number of carbonyl (C=O) groups is 2. The van der Waals surface area contributed by atoms with Crippen LogP contribution in [0.3, 0.4) is 0 Å². The zero-order valence-electron chi connectivity index (χ0n) is 22.8. The molecule has 7 nitrogen and oxygen atoms in total. The van der Waals surface area contributed by atoms with E-state index in [1.54, 1.807) is 23.9 Å². The zero-order chi connectivity index (χ0) is 28.2. The third-order valence-corrected chi connectivity index (χ3v) is 6.51. The standard InChI is InChI=1S/C33H29N3O4/c1-21-10-11-22(2)29(20-21)36-33(40-23(3)37)30(31(35-36)25-14-18-28(39-4)19-15-25)24-12-16-27(17-13-24)34-32(38)26-8-6-5-7-9-26/h5-20H,1-4H3,(H,34,38). The van der Waals surface area contributed by atoms with Gasteiger partial charge in [0.15, 0.2) is 0 Å². The molecule has 0 atom stereocenters. The lowest BCUT2D eigenvalue weighted by molar-refractivity contribution is -0.132. The quantitative estimate of drug-likeness (QED) is 0.229. The Bertz CT molecular complexity index is 1670. The van der Waals surface area contributed by atoms with Crippen molar-refractivity contribution < 1.29 is 19.1 Å². The Morgan fingerprint density at radius 1 is 0.825 bits per heavy atom. The van der Waals surface area contributed by atoms with Gasteiger partial charge < -0.3 is 14.8 Å². The van der Waals surface area contributed by atoms with Gasteiger partial charge in [-0.3, -0.25) is 9.59 Å². The van der Waals surface area contributed by atoms with Gasteiger partial charge in [0.05, 0.1) is 18.4 Å². The number of esters is 1. The van der Waals surface area contributed by atoms with Crippen molar-refractivity contribution in [1.29, 1.82) is 0 Å². The second-order valence-corrected chi connectivity index (χ2v) is 9.45. The molecule has 0 bridgehead atoms. The topological polar surface area (TPSA) is 82.4 Å². The number of hydrogen-bond donors (Lipinski definition) is 1. The SMILES string of the molecule is COc1ccc(-c2nn(-c3cc(C)ccc3C)c(OC(C)=O)c2-c2ccc(NC(=O)c3ccccc3)cc2)cc1. The number of carbonyl (C=O) groups excluding carboxylic acids is 2. The van der Waals surface area contributed by atoms with Crippen LogP contribution in [-0.4, -0.2) is 28.8 Å². The van der Waals surface area contributed by atoms with Gasteiger partial charge >= 0.3 is 5.97 Å². The van der Waals surface area contributed by atoms with E-state index < -0.39 is 5.97 Å². The molecule has 0 aliphatic carbocycles. The van der Waals surface area contributed by atoms with Gasteiger partial charge in [-0.05, 0) is 85.1 Å². The maximum absolute atomic E-state index is 12.7. The molecular formula is C33H29N3O4. The monoisotopic (exact) mass is 531 g/mol. The van der Waals surface area contributed by atoms with Crippen LogP contribution in [0, 0.1) is 13.8 Å². The second kappa shape index (κ2) is 11.3. The Morgan fingerprint density at radius 3 is 2.15 bits per heavy atom. The van der Waals surface area contributed by atoms with Crippen molar-refractivity contribution in [3.05, 3.63) is 114 Å². The molecule has 1 aromatic heterocycles. The fourth-order valence-electron chi connectivity index (χ4n) is 4.47. The highest BCUT2D eigenvalue weighted by Crippen LogP contribution is 2.42. The molecule has 0 radical (unpaired) electrons. The molecule has 4 aromatic carbocycles. The summed E-state index contributed by atoms with van der Waals surface area (Å²) in [6.45, 7) is 5.37. The first-order chi connectivity index (χ1) is 19.3. The minimum Gasteiger partial charge on any atom is -0.497 e. The highest BCUT2D eigenvalue weighted by Gasteiger charge is 2.25. The summed E-state index contributed by atoms with van der Waals surface area (Å²) in [4.78, 5) is 25.0. The first-order valence-electron chi connectivity index (χ1n) is 12.8. The lowest BCUT2D eigenvalue weighted by Gasteiger charge is -2.12. The number of anilines is 1. The minimum atomic E-state index is -0.458. The number of aromatic nitrogens is 2. The number of benzene rings is 4. The van der Waals surface area contributed by atoms with E-state index in [1.165, 1.54) is 6.92 Å². The fraction of sp³-hybridized carbons (Fsp3) is 0.121. The summed E-state index contributed by atoms with van der Waals surface area (Å²) in [5.74, 6) is 0.377. The van der Waals surface area contributed by atoms with Gasteiger partial charge in [-0.25, -0.2) is 0 Å². The molecule has 5 rings (SSSR count). The Labute approximate surface area is 233 Å². The van der Waals surface area contributed by atoms with E-state index in [0.29, 0.717) is 28.4 Å². The number of methoxy groups -OCH3 is 1. The van der Waals surface area contributed by atoms with Gasteiger partial charge in [0.25, 0.3) is 5.91 Å². The lowest BCUT2D eigenvalue weighted by atomic mass is 10.0. The number of nitrogens with zero attached hydrogens (tertiary/aromatic N) is 2. The lowest BCUT2D eigenvalue weighted by Crippen LogP contribution is -2.11. The van der Waals surface area contributed by atoms with Crippen LogP contribution in [-0.2, 0) is 4.79 Å². The largest absolute Gasteiger partial charge is 0.497 e. The van der Waals surface area contributed by atoms with E-state index >= 15 is 0 Å². The van der Waals surface area contributed by atoms with Crippen molar-refractivity contribution in [1.82, 2.24) is 9.78 Å². The molecule has 40 heavy (non-hydrogen) atoms. The summed E-state index contributed by atoms with van der Waals surface area (Å²) in [5, 5.41) is 7.91. The molecule has 0 aliphatic heterocycles. The molecule has 7 heteroatoms. The Balaban J connectivity index is 1.65. The van der Waals surface area contributed by atoms with E-state index in [0.717, 1.165) is 33.7 Å². The zero-order valence-corrected chi connectivity index (χ0v) is 22.8. The van der Waals surface area contributed by atoms with Crippen LogP contribution < -0.4 is 14.8 Å². The normalized spacial score (nSPS) is 10.7. The van der Waals surface area contributed by atoms with Crippen LogP contribution in [0.2, 0.25) is 0 Å². The second-order valence-electron chi connectivity index (χ2n) is 9.45. The smallest absolute Gasteiger partial charge is 0.309 e. The van der Waals surface area contributed by atoms with Crippen molar-refractivity contribution in [3.8, 4) is 39.7 Å². The number of ether oxygens (including phenoxy) is 2. The molecule has 200 valence electrons. The predicted molar refractivity (Wildman–Crippen MR) is 156 cm³/mol. The van der Waals surface area contributed by atoms with E-state index in [-0.39, 0.29) is 5.91 Å². The third-order valence-electron chi connectivity index (χ3n) is 6.51. The van der Waals surface area contributed by atoms with Crippen LogP contribution in [0.15, 0.2) is 97.1 Å². The van der Waals surface area contributed by atoms with Crippen molar-refractivity contribution in [2.75, 3.05) is 12.4 Å². The average Bonchev–Trinajstić information content (AvgIpc) is 3.33. The maximum atomic E-state index is 12.7. The van der Waals surface area contributed by atoms with Crippen LogP contribution >= 0.6 is 0 Å². The first-order valence-corrected chi connectivity index (χ1v) is 12.8. The number of aryl methyl sites for hydroxylation is 2. The molecule has 0 aliphatic rings. The predicted octanol–water partition coefficient (Wildman–Crippen LogP) is 7.01. The summed E-state index contributed by atoms with van der Waals surface area (Å²) < 4.78 is 12.9. The van der Waals surface area contributed by atoms with Gasteiger partial charge in [0, 0.05) is 23.7 Å². The molecule has 0 saturated carbocycles. The number of rotatable bonds is 7. The highest BCUT2D eigenvalue weighted by molar-refractivity contribution is 6.04. The summed E-state index contributed by atoms with van der Waals surface area (Å²) >= 11 is 0. The minimum absolute atomic E-state index is 0.199. The molecule has 1 heterocycles. The Kier molecular flexibility index (Phi) is 7.46. The van der Waals surface area contributed by atoms with E-state index in [2.05, 4.69) is 5.32 Å². The van der Waals surface area contributed by atoms with Crippen molar-refractivity contribution in [2.24, 2.45) is 0 Å². The number of nitrogens with one attached hydrogen (secondary N) is 1. The van der Waals surface area contributed by atoms with Crippen LogP contribution in [0.5, 0.6) is 11.6 Å². The Morgan fingerprint density at radius 2 is 1.50 bits per heavy atom. The highest BCUT2D eigenvalue weighted by atomic mass is 16.5. The van der Waals surface area contributed by atoms with E-state index in [9.17, 15) is 9.59 Å². The van der Waals surface area contributed by atoms with Crippen LogP contribution in [0.25, 0.3) is 28.1 Å². The van der Waals surface area contributed by atoms with Gasteiger partial charge in [-0.2, -0.15) is 9.78 Å². The number of hydrogen-bond acceptors (Lipinski definition) is 5. The molecule has 1 N–H and O–H groups in total. The molecule has 5 aromatic rings. The molecule has 0 spiro atoms. The van der Waals surface area contributed by atoms with Crippen molar-refractivity contribution in [3.63, 3.8) is 0 Å². The van der Waals surface area contributed by atoms with Gasteiger partial charge in [-0.1, -0.05) is 42.5 Å². The van der Waals surface area contributed by atoms with Gasteiger partial charge in [0.2, 0.25) is 5.88 Å². The summed E-state index contributed by atoms with van der Waals surface area (Å²) in [6, 6.07) is 30.1. The summed E-state index contributed by atoms with van der Waals surface area (Å²) in [6.07, 6.45) is 0. The van der Waals surface area contributed by atoms with Crippen LogP contribution in [0.4, 0.5) is 5.69 Å². The van der Waals surface area contributed by atoms with E-state index in [4.69, 9.17) is 14.6 Å². The third kappa shape index (κ3) is 5.49. The Hall–Kier alpha value is -5.17. The summed E-state index contributed by atoms with van der Waals surface area (Å²) in [7, 11) is 1.62. The fourth-order valence-corrected chi connectivity index (χ4v) is 4.47. The first kappa shape index (κ1) is 26.4. The molecule has 0 unspecified atom stereocenters. The van der Waals surface area contributed by atoms with Crippen molar-refractivity contribution in [2.45, 2.75) is 20.8 Å². The van der Waals surface area contributed by atoms with Gasteiger partial charge in [0.1, 0.15) is 11.4 Å². The molecule has 0 fully saturated rings.